The van der Waals surface area contributed by atoms with Gasteiger partial charge in [0.15, 0.2) is 29.8 Å². The third-order valence-electron chi connectivity index (χ3n) is 6.33. The molecule has 5 rings (SSSR count). The smallest absolute Gasteiger partial charge is 0.319 e. The Hall–Kier alpha value is -4.11. The number of amides is 2. The molecule has 1 saturated heterocycles. The summed E-state index contributed by atoms with van der Waals surface area (Å²) in [4.78, 5) is 30.5. The zero-order valence-electron chi connectivity index (χ0n) is 20.6. The van der Waals surface area contributed by atoms with Gasteiger partial charge in [0.25, 0.3) is 0 Å². The Labute approximate surface area is 217 Å². The number of aliphatic hydroxyl groups is 2. The number of ether oxygens (including phenoxy) is 1. The van der Waals surface area contributed by atoms with Gasteiger partial charge in [0.1, 0.15) is 30.2 Å². The van der Waals surface area contributed by atoms with Gasteiger partial charge in [-0.1, -0.05) is 12.1 Å². The molecular formula is C24H29N9O5. The van der Waals surface area contributed by atoms with Crippen LogP contribution in [0.1, 0.15) is 12.6 Å². The summed E-state index contributed by atoms with van der Waals surface area (Å²) >= 11 is 0. The van der Waals surface area contributed by atoms with Crippen molar-refractivity contribution in [2.24, 2.45) is 0 Å². The lowest BCUT2D eigenvalue weighted by molar-refractivity contribution is -0.0421. The van der Waals surface area contributed by atoms with Crippen LogP contribution in [0.4, 0.5) is 16.3 Å². The molecule has 14 heteroatoms. The maximum absolute atomic E-state index is 12.3. The zero-order valence-corrected chi connectivity index (χ0v) is 20.6. The molecule has 4 aromatic rings. The zero-order chi connectivity index (χ0) is 26.6. The van der Waals surface area contributed by atoms with E-state index in [1.807, 2.05) is 24.1 Å². The normalized spacial score (nSPS) is 21.3. The third kappa shape index (κ3) is 5.43. The molecule has 200 valence electrons. The van der Waals surface area contributed by atoms with E-state index < -0.39 is 24.5 Å². The molecule has 4 atom stereocenters. The van der Waals surface area contributed by atoms with Crippen molar-refractivity contribution in [2.75, 3.05) is 37.7 Å². The second kappa shape index (κ2) is 11.1. The maximum atomic E-state index is 12.3. The number of likely N-dealkylation sites (N-methyl/N-ethyl adjacent to an activating group) is 1. The van der Waals surface area contributed by atoms with Crippen LogP contribution in [0.5, 0.6) is 0 Å². The number of hydrogen-bond donors (Lipinski definition) is 5. The number of imidazole rings is 1. The number of nitrogens with two attached hydrogens (primary N) is 1. The Bertz CT molecular complexity index is 1380. The quantitative estimate of drug-likeness (QED) is 0.195. The van der Waals surface area contributed by atoms with Gasteiger partial charge >= 0.3 is 6.03 Å². The van der Waals surface area contributed by atoms with Crippen LogP contribution >= 0.6 is 0 Å². The Kier molecular flexibility index (Phi) is 7.46. The monoisotopic (exact) mass is 523 g/mol. The van der Waals surface area contributed by atoms with Crippen molar-refractivity contribution < 1.29 is 24.2 Å². The number of nitrogens with one attached hydrogen (secondary N) is 2. The van der Waals surface area contributed by atoms with E-state index in [9.17, 15) is 15.0 Å². The minimum absolute atomic E-state index is 0.223. The fourth-order valence-electron chi connectivity index (χ4n) is 4.40. The first-order valence-electron chi connectivity index (χ1n) is 12.1. The summed E-state index contributed by atoms with van der Waals surface area (Å²) in [5.74, 6) is 0.838. The van der Waals surface area contributed by atoms with E-state index in [-0.39, 0.29) is 11.8 Å². The summed E-state index contributed by atoms with van der Waals surface area (Å²) in [5.41, 5.74) is 8.10. The number of benzene rings is 1. The van der Waals surface area contributed by atoms with E-state index in [0.29, 0.717) is 48.7 Å². The van der Waals surface area contributed by atoms with Gasteiger partial charge in [0.05, 0.1) is 12.5 Å². The van der Waals surface area contributed by atoms with E-state index in [0.717, 1.165) is 5.56 Å². The highest BCUT2D eigenvalue weighted by atomic mass is 16.6. The SMILES string of the molecule is CN(CCCNC(=O)Nc1cccc(-c2cnco2)c1)C[C@H]1O[C@@H](n2cnc3c(N)ncnc32)[C@H](O)[C@H]1O. The molecule has 0 spiro atoms. The molecule has 0 radical (unpaired) electrons. The van der Waals surface area contributed by atoms with Gasteiger partial charge in [0, 0.05) is 24.3 Å². The van der Waals surface area contributed by atoms with Crippen LogP contribution in [-0.2, 0) is 4.74 Å². The molecule has 0 aliphatic carbocycles. The Morgan fingerprint density at radius 1 is 1.24 bits per heavy atom. The van der Waals surface area contributed by atoms with Crippen molar-refractivity contribution in [2.45, 2.75) is 31.0 Å². The highest BCUT2D eigenvalue weighted by Gasteiger charge is 2.44. The average molecular weight is 524 g/mol. The van der Waals surface area contributed by atoms with Gasteiger partial charge in [-0.15, -0.1) is 0 Å². The van der Waals surface area contributed by atoms with E-state index in [4.69, 9.17) is 14.9 Å². The molecule has 14 nitrogen and oxygen atoms in total. The average Bonchev–Trinajstić information content (AvgIpc) is 3.64. The van der Waals surface area contributed by atoms with Crippen molar-refractivity contribution in [3.63, 3.8) is 0 Å². The Morgan fingerprint density at radius 3 is 2.92 bits per heavy atom. The Balaban J connectivity index is 1.07. The van der Waals surface area contributed by atoms with Crippen LogP contribution in [0.25, 0.3) is 22.5 Å². The summed E-state index contributed by atoms with van der Waals surface area (Å²) in [7, 11) is 1.88. The molecule has 4 heterocycles. The minimum Gasteiger partial charge on any atom is -0.444 e. The molecular weight excluding hydrogens is 494 g/mol. The first-order valence-corrected chi connectivity index (χ1v) is 12.1. The fourth-order valence-corrected chi connectivity index (χ4v) is 4.40. The van der Waals surface area contributed by atoms with Crippen molar-refractivity contribution in [1.82, 2.24) is 34.7 Å². The first kappa shape index (κ1) is 25.5. The highest BCUT2D eigenvalue weighted by molar-refractivity contribution is 5.89. The fraction of sp³-hybridized carbons (Fsp3) is 0.375. The number of carbonyl (C=O) groups excluding carboxylic acids is 1. The van der Waals surface area contributed by atoms with Crippen LogP contribution < -0.4 is 16.4 Å². The van der Waals surface area contributed by atoms with E-state index >= 15 is 0 Å². The maximum Gasteiger partial charge on any atom is 0.319 e. The molecule has 6 N–H and O–H groups in total. The van der Waals surface area contributed by atoms with Crippen molar-refractivity contribution in [3.8, 4) is 11.3 Å². The number of nitrogen functional groups attached to an aromatic ring is 1. The van der Waals surface area contributed by atoms with Gasteiger partial charge in [-0.3, -0.25) is 4.57 Å². The molecule has 1 fully saturated rings. The molecule has 0 bridgehead atoms. The van der Waals surface area contributed by atoms with Crippen molar-refractivity contribution in [1.29, 1.82) is 0 Å². The third-order valence-corrected chi connectivity index (χ3v) is 6.33. The molecule has 3 aromatic heterocycles. The van der Waals surface area contributed by atoms with Crippen LogP contribution in [0.2, 0.25) is 0 Å². The summed E-state index contributed by atoms with van der Waals surface area (Å²) in [5, 5.41) is 26.9. The van der Waals surface area contributed by atoms with Crippen molar-refractivity contribution in [3.05, 3.63) is 49.5 Å². The number of aromatic nitrogens is 5. The number of oxazole rings is 1. The minimum atomic E-state index is -1.17. The van der Waals surface area contributed by atoms with Crippen LogP contribution in [-0.4, -0.2) is 90.6 Å². The number of fused-ring (bicyclic) bond motifs is 1. The standard InChI is InChI=1S/C24H29N9O5/c1-32(7-3-6-27-24(36)31-15-5-2-4-14(8-15)16-9-26-13-37-16)10-17-19(34)20(35)23(38-17)33-12-30-18-21(25)28-11-29-22(18)33/h2,4-5,8-9,11-13,17,19-20,23,34-35H,3,6-7,10H2,1H3,(H2,25,28,29)(H2,27,31,36)/t17-,19+,20-,23-/m1/s1. The summed E-state index contributed by atoms with van der Waals surface area (Å²) in [6, 6.07) is 6.96. The highest BCUT2D eigenvalue weighted by Crippen LogP contribution is 2.32. The summed E-state index contributed by atoms with van der Waals surface area (Å²) < 4.78 is 12.8. The van der Waals surface area contributed by atoms with Gasteiger partial charge in [-0.2, -0.15) is 0 Å². The lowest BCUT2D eigenvalue weighted by Gasteiger charge is -2.22. The molecule has 38 heavy (non-hydrogen) atoms. The molecule has 1 aromatic carbocycles. The number of nitrogens with zero attached hydrogens (tertiary/aromatic N) is 6. The molecule has 2 amide bonds. The van der Waals surface area contributed by atoms with Gasteiger partial charge in [0.2, 0.25) is 0 Å². The summed E-state index contributed by atoms with van der Waals surface area (Å²) in [6.45, 7) is 1.45. The van der Waals surface area contributed by atoms with Gasteiger partial charge in [-0.05, 0) is 32.1 Å². The summed E-state index contributed by atoms with van der Waals surface area (Å²) in [6.07, 6.45) is 2.63. The van der Waals surface area contributed by atoms with Crippen LogP contribution in [0.3, 0.4) is 0 Å². The predicted octanol–water partition coefficient (Wildman–Crippen LogP) is 0.826. The second-order valence-electron chi connectivity index (χ2n) is 9.07. The number of anilines is 2. The largest absolute Gasteiger partial charge is 0.444 e. The molecule has 0 saturated carbocycles. The van der Waals surface area contributed by atoms with E-state index in [1.54, 1.807) is 22.9 Å². The second-order valence-corrected chi connectivity index (χ2v) is 9.07. The van der Waals surface area contributed by atoms with Gasteiger partial charge < -0.3 is 40.6 Å². The number of hydrogen-bond acceptors (Lipinski definition) is 11. The van der Waals surface area contributed by atoms with Crippen LogP contribution in [0.15, 0.2) is 53.9 Å². The lowest BCUT2D eigenvalue weighted by Crippen LogP contribution is -2.39. The topological polar surface area (TPSA) is 190 Å². The number of rotatable bonds is 9. The first-order chi connectivity index (χ1) is 18.4. The molecule has 1 aliphatic heterocycles. The molecule has 1 aliphatic rings. The molecule has 0 unspecified atom stereocenters. The van der Waals surface area contributed by atoms with E-state index in [1.165, 1.54) is 19.0 Å². The van der Waals surface area contributed by atoms with Crippen molar-refractivity contribution >= 4 is 28.7 Å². The lowest BCUT2D eigenvalue weighted by atomic mass is 10.1. The predicted molar refractivity (Wildman–Crippen MR) is 137 cm³/mol. The number of carbonyl (C=O) groups is 1. The van der Waals surface area contributed by atoms with Gasteiger partial charge in [-0.25, -0.2) is 24.7 Å². The Morgan fingerprint density at radius 2 is 2.11 bits per heavy atom. The number of urea groups is 1. The van der Waals surface area contributed by atoms with E-state index in [2.05, 4.69) is 30.6 Å². The number of aliphatic hydroxyl groups excluding tert-OH is 2. The van der Waals surface area contributed by atoms with Crippen LogP contribution in [0, 0.1) is 0 Å².